The van der Waals surface area contributed by atoms with Crippen LogP contribution >= 0.6 is 0 Å². The van der Waals surface area contributed by atoms with Gasteiger partial charge in [-0.15, -0.1) is 0 Å². The summed E-state index contributed by atoms with van der Waals surface area (Å²) in [6.07, 6.45) is 3.85. The number of hydrogen-bond donors (Lipinski definition) is 1. The molecule has 1 aromatic carbocycles. The van der Waals surface area contributed by atoms with Gasteiger partial charge in [-0.1, -0.05) is 18.2 Å². The lowest BCUT2D eigenvalue weighted by Crippen LogP contribution is -2.48. The van der Waals surface area contributed by atoms with Crippen LogP contribution in [-0.2, 0) is 17.9 Å². The molecule has 3 heterocycles. The Morgan fingerprint density at radius 2 is 1.83 bits per heavy atom. The number of hydrogen-bond acceptors (Lipinski definition) is 5. The molecule has 0 bridgehead atoms. The van der Waals surface area contributed by atoms with E-state index in [9.17, 15) is 14.4 Å². The lowest BCUT2D eigenvalue weighted by molar-refractivity contribution is -0.133. The van der Waals surface area contributed by atoms with Gasteiger partial charge in [-0.2, -0.15) is 0 Å². The maximum Gasteiger partial charge on any atom is 0.328 e. The van der Waals surface area contributed by atoms with Crippen molar-refractivity contribution in [1.82, 2.24) is 24.3 Å². The fourth-order valence-electron chi connectivity index (χ4n) is 3.74. The van der Waals surface area contributed by atoms with E-state index in [1.54, 1.807) is 30.5 Å². The predicted molar refractivity (Wildman–Crippen MR) is 110 cm³/mol. The SMILES string of the molecule is O=C(CCn1c(=O)[nH]c(=O)c2ccccc21)N1CCN(Cc2cccnc2)CC1. The summed E-state index contributed by atoms with van der Waals surface area (Å²) < 4.78 is 1.47. The number of carbonyl (C=O) groups is 1. The standard InChI is InChI=1S/C21H23N5O3/c27-19(25-12-10-24(11-13-25)15-16-4-3-8-22-14-16)7-9-26-18-6-2-1-5-17(18)20(28)23-21(26)29/h1-6,8,14H,7,9-13,15H2,(H,23,28,29). The quantitative estimate of drug-likeness (QED) is 0.693. The average Bonchev–Trinajstić information content (AvgIpc) is 2.75. The molecule has 1 N–H and O–H groups in total. The van der Waals surface area contributed by atoms with E-state index < -0.39 is 11.2 Å². The van der Waals surface area contributed by atoms with Gasteiger partial charge in [0, 0.05) is 58.1 Å². The Bertz CT molecular complexity index is 1110. The van der Waals surface area contributed by atoms with Crippen molar-refractivity contribution >= 4 is 16.8 Å². The minimum atomic E-state index is -0.484. The molecule has 8 heteroatoms. The lowest BCUT2D eigenvalue weighted by Gasteiger charge is -2.34. The van der Waals surface area contributed by atoms with Crippen molar-refractivity contribution in [3.8, 4) is 0 Å². The van der Waals surface area contributed by atoms with Crippen molar-refractivity contribution < 1.29 is 4.79 Å². The number of H-pyrrole nitrogens is 1. The Morgan fingerprint density at radius 1 is 1.03 bits per heavy atom. The van der Waals surface area contributed by atoms with Gasteiger partial charge < -0.3 is 4.90 Å². The van der Waals surface area contributed by atoms with Gasteiger partial charge in [0.15, 0.2) is 0 Å². The molecule has 150 valence electrons. The van der Waals surface area contributed by atoms with Crippen molar-refractivity contribution in [2.75, 3.05) is 26.2 Å². The van der Waals surface area contributed by atoms with Gasteiger partial charge in [-0.25, -0.2) is 4.79 Å². The smallest absolute Gasteiger partial charge is 0.328 e. The number of benzene rings is 1. The Kier molecular flexibility index (Phi) is 5.53. The highest BCUT2D eigenvalue weighted by atomic mass is 16.2. The third-order valence-corrected chi connectivity index (χ3v) is 5.31. The number of amides is 1. The van der Waals surface area contributed by atoms with Crippen LogP contribution in [0.3, 0.4) is 0 Å². The van der Waals surface area contributed by atoms with Crippen molar-refractivity contribution in [2.45, 2.75) is 19.5 Å². The number of carbonyl (C=O) groups excluding carboxylic acids is 1. The van der Waals surface area contributed by atoms with Gasteiger partial charge in [-0.3, -0.25) is 29.0 Å². The summed E-state index contributed by atoms with van der Waals surface area (Å²) in [5.41, 5.74) is 0.827. The number of piperazine rings is 1. The Hall–Kier alpha value is -3.26. The molecule has 0 aliphatic carbocycles. The topological polar surface area (TPSA) is 91.3 Å². The number of pyridine rings is 1. The maximum absolute atomic E-state index is 12.7. The minimum absolute atomic E-state index is 0.0215. The molecule has 1 aliphatic rings. The highest BCUT2D eigenvalue weighted by molar-refractivity contribution is 5.79. The highest BCUT2D eigenvalue weighted by Crippen LogP contribution is 2.10. The van der Waals surface area contributed by atoms with Crippen molar-refractivity contribution in [3.05, 3.63) is 75.2 Å². The summed E-state index contributed by atoms with van der Waals surface area (Å²) in [6, 6.07) is 10.9. The molecular formula is C21H23N5O3. The Labute approximate surface area is 167 Å². The van der Waals surface area contributed by atoms with Crippen LogP contribution in [-0.4, -0.2) is 56.4 Å². The van der Waals surface area contributed by atoms with Gasteiger partial charge in [0.1, 0.15) is 0 Å². The highest BCUT2D eigenvalue weighted by Gasteiger charge is 2.21. The second-order valence-electron chi connectivity index (χ2n) is 7.20. The summed E-state index contributed by atoms with van der Waals surface area (Å²) in [4.78, 5) is 47.5. The van der Waals surface area contributed by atoms with Crippen molar-refractivity contribution in [3.63, 3.8) is 0 Å². The molecule has 1 aliphatic heterocycles. The first-order valence-electron chi connectivity index (χ1n) is 9.73. The summed E-state index contributed by atoms with van der Waals surface area (Å²) in [7, 11) is 0. The molecule has 1 amide bonds. The largest absolute Gasteiger partial charge is 0.340 e. The van der Waals surface area contributed by atoms with E-state index in [1.807, 2.05) is 17.2 Å². The second-order valence-corrected chi connectivity index (χ2v) is 7.20. The van der Waals surface area contributed by atoms with Gasteiger partial charge >= 0.3 is 5.69 Å². The number of nitrogens with one attached hydrogen (secondary N) is 1. The third kappa shape index (κ3) is 4.27. The number of aromatic nitrogens is 3. The maximum atomic E-state index is 12.7. The molecule has 0 saturated carbocycles. The molecule has 2 aromatic heterocycles. The lowest BCUT2D eigenvalue weighted by atomic mass is 10.2. The fraction of sp³-hybridized carbons (Fsp3) is 0.333. The van der Waals surface area contributed by atoms with Gasteiger partial charge in [0.05, 0.1) is 10.9 Å². The first-order valence-corrected chi connectivity index (χ1v) is 9.73. The molecule has 0 unspecified atom stereocenters. The van der Waals surface area contributed by atoms with E-state index in [0.717, 1.165) is 25.2 Å². The molecule has 8 nitrogen and oxygen atoms in total. The summed E-state index contributed by atoms with van der Waals surface area (Å²) in [6.45, 7) is 4.02. The van der Waals surface area contributed by atoms with E-state index in [0.29, 0.717) is 24.0 Å². The average molecular weight is 393 g/mol. The van der Waals surface area contributed by atoms with E-state index in [1.165, 1.54) is 4.57 Å². The number of aryl methyl sites for hydroxylation is 1. The first-order chi connectivity index (χ1) is 14.1. The molecule has 0 radical (unpaired) electrons. The Balaban J connectivity index is 1.36. The van der Waals surface area contributed by atoms with Crippen LogP contribution < -0.4 is 11.2 Å². The Morgan fingerprint density at radius 3 is 2.59 bits per heavy atom. The summed E-state index contributed by atoms with van der Waals surface area (Å²) in [5.74, 6) is 0.0215. The van der Waals surface area contributed by atoms with Crippen LogP contribution in [0, 0.1) is 0 Å². The van der Waals surface area contributed by atoms with Gasteiger partial charge in [-0.05, 0) is 23.8 Å². The van der Waals surface area contributed by atoms with Crippen molar-refractivity contribution in [1.29, 1.82) is 0 Å². The predicted octanol–water partition coefficient (Wildman–Crippen LogP) is 0.819. The van der Waals surface area contributed by atoms with E-state index in [2.05, 4.69) is 20.9 Å². The minimum Gasteiger partial charge on any atom is -0.340 e. The molecule has 4 rings (SSSR count). The third-order valence-electron chi connectivity index (χ3n) is 5.31. The second kappa shape index (κ2) is 8.40. The van der Waals surface area contributed by atoms with E-state index in [-0.39, 0.29) is 18.9 Å². The molecule has 3 aromatic rings. The van der Waals surface area contributed by atoms with E-state index in [4.69, 9.17) is 0 Å². The van der Waals surface area contributed by atoms with Crippen LogP contribution in [0.15, 0.2) is 58.4 Å². The zero-order chi connectivity index (χ0) is 20.2. The van der Waals surface area contributed by atoms with Crippen LogP contribution in [0.4, 0.5) is 0 Å². The first kappa shape index (κ1) is 19.1. The number of nitrogens with zero attached hydrogens (tertiary/aromatic N) is 4. The molecule has 1 saturated heterocycles. The zero-order valence-electron chi connectivity index (χ0n) is 16.1. The monoisotopic (exact) mass is 393 g/mol. The molecule has 1 fully saturated rings. The van der Waals surface area contributed by atoms with Crippen molar-refractivity contribution in [2.24, 2.45) is 0 Å². The number of rotatable bonds is 5. The molecular weight excluding hydrogens is 370 g/mol. The van der Waals surface area contributed by atoms with Gasteiger partial charge in [0.2, 0.25) is 5.91 Å². The van der Waals surface area contributed by atoms with E-state index >= 15 is 0 Å². The number of fused-ring (bicyclic) bond motifs is 1. The van der Waals surface area contributed by atoms with Crippen LogP contribution in [0.25, 0.3) is 10.9 Å². The molecule has 0 spiro atoms. The number of aromatic amines is 1. The summed E-state index contributed by atoms with van der Waals surface area (Å²) >= 11 is 0. The summed E-state index contributed by atoms with van der Waals surface area (Å²) in [5, 5.41) is 0.448. The number of para-hydroxylation sites is 1. The normalized spacial score (nSPS) is 15.0. The molecule has 0 atom stereocenters. The van der Waals surface area contributed by atoms with Crippen LogP contribution in [0.5, 0.6) is 0 Å². The zero-order valence-corrected chi connectivity index (χ0v) is 16.1. The van der Waals surface area contributed by atoms with Crippen LogP contribution in [0.1, 0.15) is 12.0 Å². The molecule has 29 heavy (non-hydrogen) atoms. The fourth-order valence-corrected chi connectivity index (χ4v) is 3.74. The van der Waals surface area contributed by atoms with Gasteiger partial charge in [0.25, 0.3) is 5.56 Å². The van der Waals surface area contributed by atoms with Crippen LogP contribution in [0.2, 0.25) is 0 Å².